The van der Waals surface area contributed by atoms with Crippen LogP contribution in [0.4, 0.5) is 0 Å². The third kappa shape index (κ3) is 4.41. The molecule has 1 atom stereocenters. The second kappa shape index (κ2) is 7.52. The van der Waals surface area contributed by atoms with Gasteiger partial charge in [-0.05, 0) is 31.4 Å². The summed E-state index contributed by atoms with van der Waals surface area (Å²) in [6.45, 7) is 4.71. The van der Waals surface area contributed by atoms with Crippen molar-refractivity contribution in [2.24, 2.45) is 5.73 Å². The molecule has 1 fully saturated rings. The van der Waals surface area contributed by atoms with Crippen molar-refractivity contribution in [1.82, 2.24) is 4.90 Å². The van der Waals surface area contributed by atoms with Gasteiger partial charge in [0, 0.05) is 19.6 Å². The molecular formula is C15H24N2O. The molecule has 1 aromatic rings. The highest BCUT2D eigenvalue weighted by Gasteiger charge is 2.18. The van der Waals surface area contributed by atoms with Crippen LogP contribution in [0.3, 0.4) is 0 Å². The molecule has 1 aromatic carbocycles. The van der Waals surface area contributed by atoms with E-state index in [2.05, 4.69) is 35.2 Å². The summed E-state index contributed by atoms with van der Waals surface area (Å²) in [6, 6.07) is 10.7. The number of nitrogens with zero attached hydrogens (tertiary/aromatic N) is 1. The fourth-order valence-electron chi connectivity index (χ4n) is 2.44. The Kier molecular flexibility index (Phi) is 5.65. The molecule has 2 rings (SSSR count). The highest BCUT2D eigenvalue weighted by molar-refractivity contribution is 5.14. The second-order valence-corrected chi connectivity index (χ2v) is 4.97. The van der Waals surface area contributed by atoms with Crippen LogP contribution in [0.5, 0.6) is 0 Å². The summed E-state index contributed by atoms with van der Waals surface area (Å²) in [6.07, 6.45) is 3.94. The molecule has 3 nitrogen and oxygen atoms in total. The average molecular weight is 248 g/mol. The van der Waals surface area contributed by atoms with E-state index in [1.807, 2.05) is 0 Å². The largest absolute Gasteiger partial charge is 0.374 e. The number of unbranched alkanes of at least 4 members (excludes halogenated alkanes) is 1. The quantitative estimate of drug-likeness (QED) is 0.778. The maximum absolute atomic E-state index is 5.64. The van der Waals surface area contributed by atoms with Crippen molar-refractivity contribution in [3.8, 4) is 0 Å². The van der Waals surface area contributed by atoms with E-state index >= 15 is 0 Å². The van der Waals surface area contributed by atoms with E-state index in [4.69, 9.17) is 10.5 Å². The predicted octanol–water partition coefficient (Wildman–Crippen LogP) is 1.67. The van der Waals surface area contributed by atoms with Crippen molar-refractivity contribution in [2.45, 2.75) is 25.4 Å². The summed E-state index contributed by atoms with van der Waals surface area (Å²) in [4.78, 5) is 2.48. The summed E-state index contributed by atoms with van der Waals surface area (Å²) >= 11 is 0. The minimum Gasteiger partial charge on any atom is -0.374 e. The monoisotopic (exact) mass is 248 g/mol. The van der Waals surface area contributed by atoms with Crippen molar-refractivity contribution < 1.29 is 4.74 Å². The molecule has 1 aliphatic heterocycles. The second-order valence-electron chi connectivity index (χ2n) is 4.97. The Morgan fingerprint density at radius 2 is 2.06 bits per heavy atom. The van der Waals surface area contributed by atoms with Crippen LogP contribution in [-0.4, -0.2) is 43.8 Å². The van der Waals surface area contributed by atoms with Gasteiger partial charge in [0.05, 0.1) is 12.7 Å². The smallest absolute Gasteiger partial charge is 0.0824 e. The standard InChI is InChI=1S/C15H24N2O/c16-12-15-13-17(10-11-18-15)9-5-4-8-14-6-2-1-3-7-14/h1-3,6-7,15H,4-5,8-13,16H2. The molecule has 1 heterocycles. The molecule has 100 valence electrons. The third-order valence-electron chi connectivity index (χ3n) is 3.52. The van der Waals surface area contributed by atoms with Crippen LogP contribution in [0.2, 0.25) is 0 Å². The molecule has 0 saturated carbocycles. The normalized spacial score (nSPS) is 21.1. The summed E-state index contributed by atoms with van der Waals surface area (Å²) in [5.41, 5.74) is 7.09. The predicted molar refractivity (Wildman–Crippen MR) is 74.6 cm³/mol. The summed E-state index contributed by atoms with van der Waals surface area (Å²) < 4.78 is 5.57. The first kappa shape index (κ1) is 13.5. The molecule has 0 aliphatic carbocycles. The fraction of sp³-hybridized carbons (Fsp3) is 0.600. The number of morpholine rings is 1. The van der Waals surface area contributed by atoms with Gasteiger partial charge in [-0.3, -0.25) is 4.90 Å². The van der Waals surface area contributed by atoms with Gasteiger partial charge in [-0.15, -0.1) is 0 Å². The maximum Gasteiger partial charge on any atom is 0.0824 e. The van der Waals surface area contributed by atoms with Crippen LogP contribution in [-0.2, 0) is 11.2 Å². The lowest BCUT2D eigenvalue weighted by molar-refractivity contribution is -0.0234. The molecule has 0 aromatic heterocycles. The molecule has 2 N–H and O–H groups in total. The number of aryl methyl sites for hydroxylation is 1. The van der Waals surface area contributed by atoms with Gasteiger partial charge >= 0.3 is 0 Å². The zero-order chi connectivity index (χ0) is 12.6. The first-order chi connectivity index (χ1) is 8.88. The summed E-state index contributed by atoms with van der Waals surface area (Å²) in [5.74, 6) is 0. The Bertz CT molecular complexity index is 329. The molecule has 0 spiro atoms. The van der Waals surface area contributed by atoms with E-state index in [-0.39, 0.29) is 6.10 Å². The molecule has 0 amide bonds. The Labute approximate surface area is 110 Å². The molecule has 3 heteroatoms. The first-order valence-corrected chi connectivity index (χ1v) is 6.96. The Morgan fingerprint density at radius 1 is 1.22 bits per heavy atom. The highest BCUT2D eigenvalue weighted by Crippen LogP contribution is 2.08. The lowest BCUT2D eigenvalue weighted by Crippen LogP contribution is -2.45. The number of hydrogen-bond acceptors (Lipinski definition) is 3. The number of rotatable bonds is 6. The zero-order valence-electron chi connectivity index (χ0n) is 11.1. The Hall–Kier alpha value is -0.900. The van der Waals surface area contributed by atoms with Crippen molar-refractivity contribution in [3.05, 3.63) is 35.9 Å². The lowest BCUT2D eigenvalue weighted by Gasteiger charge is -2.32. The van der Waals surface area contributed by atoms with E-state index in [1.165, 1.54) is 31.4 Å². The van der Waals surface area contributed by atoms with Gasteiger partial charge in [-0.2, -0.15) is 0 Å². The number of nitrogens with two attached hydrogens (primary N) is 1. The van der Waals surface area contributed by atoms with Crippen LogP contribution in [0.1, 0.15) is 18.4 Å². The molecule has 0 radical (unpaired) electrons. The van der Waals surface area contributed by atoms with E-state index < -0.39 is 0 Å². The van der Waals surface area contributed by atoms with Gasteiger partial charge in [-0.25, -0.2) is 0 Å². The van der Waals surface area contributed by atoms with Gasteiger partial charge in [0.25, 0.3) is 0 Å². The van der Waals surface area contributed by atoms with Crippen molar-refractivity contribution in [3.63, 3.8) is 0 Å². The Balaban J connectivity index is 1.60. The van der Waals surface area contributed by atoms with Crippen LogP contribution in [0.25, 0.3) is 0 Å². The van der Waals surface area contributed by atoms with Gasteiger partial charge < -0.3 is 10.5 Å². The van der Waals surface area contributed by atoms with Gasteiger partial charge in [0.2, 0.25) is 0 Å². The fourth-order valence-corrected chi connectivity index (χ4v) is 2.44. The minimum atomic E-state index is 0.243. The summed E-state index contributed by atoms with van der Waals surface area (Å²) in [5, 5.41) is 0. The molecule has 1 saturated heterocycles. The van der Waals surface area contributed by atoms with E-state index in [0.29, 0.717) is 6.54 Å². The van der Waals surface area contributed by atoms with Gasteiger partial charge in [-0.1, -0.05) is 30.3 Å². The topological polar surface area (TPSA) is 38.5 Å². The van der Waals surface area contributed by atoms with Crippen molar-refractivity contribution in [1.29, 1.82) is 0 Å². The number of hydrogen-bond donors (Lipinski definition) is 1. The molecular weight excluding hydrogens is 224 g/mol. The summed E-state index contributed by atoms with van der Waals surface area (Å²) in [7, 11) is 0. The highest BCUT2D eigenvalue weighted by atomic mass is 16.5. The average Bonchev–Trinajstić information content (AvgIpc) is 2.45. The SMILES string of the molecule is NCC1CN(CCCCc2ccccc2)CCO1. The molecule has 1 unspecified atom stereocenters. The van der Waals surface area contributed by atoms with E-state index in [1.54, 1.807) is 0 Å². The van der Waals surface area contributed by atoms with E-state index in [9.17, 15) is 0 Å². The number of benzene rings is 1. The first-order valence-electron chi connectivity index (χ1n) is 6.96. The van der Waals surface area contributed by atoms with Crippen molar-refractivity contribution in [2.75, 3.05) is 32.8 Å². The Morgan fingerprint density at radius 3 is 2.83 bits per heavy atom. The molecule has 1 aliphatic rings. The number of ether oxygens (including phenoxy) is 1. The lowest BCUT2D eigenvalue weighted by atomic mass is 10.1. The zero-order valence-corrected chi connectivity index (χ0v) is 11.1. The van der Waals surface area contributed by atoms with Crippen LogP contribution >= 0.6 is 0 Å². The van der Waals surface area contributed by atoms with Crippen LogP contribution in [0, 0.1) is 0 Å². The van der Waals surface area contributed by atoms with Gasteiger partial charge in [0.15, 0.2) is 0 Å². The van der Waals surface area contributed by atoms with Crippen molar-refractivity contribution >= 4 is 0 Å². The third-order valence-corrected chi connectivity index (χ3v) is 3.52. The van der Waals surface area contributed by atoms with Crippen LogP contribution < -0.4 is 5.73 Å². The van der Waals surface area contributed by atoms with E-state index in [0.717, 1.165) is 19.7 Å². The molecule has 0 bridgehead atoms. The minimum absolute atomic E-state index is 0.243. The molecule has 18 heavy (non-hydrogen) atoms. The van der Waals surface area contributed by atoms with Crippen LogP contribution in [0.15, 0.2) is 30.3 Å². The maximum atomic E-state index is 5.64. The van der Waals surface area contributed by atoms with Gasteiger partial charge in [0.1, 0.15) is 0 Å².